The molecule has 1 aromatic carbocycles. The molecule has 0 fully saturated rings. The van der Waals surface area contributed by atoms with Crippen molar-refractivity contribution < 1.29 is 9.59 Å². The van der Waals surface area contributed by atoms with Crippen LogP contribution in [-0.2, 0) is 9.59 Å². The van der Waals surface area contributed by atoms with Crippen molar-refractivity contribution in [3.05, 3.63) is 45.6 Å². The first kappa shape index (κ1) is 18.2. The van der Waals surface area contributed by atoms with Crippen molar-refractivity contribution in [2.24, 2.45) is 0 Å². The van der Waals surface area contributed by atoms with Gasteiger partial charge in [-0.25, -0.2) is 4.98 Å². The summed E-state index contributed by atoms with van der Waals surface area (Å²) < 4.78 is 0. The molecule has 0 radical (unpaired) electrons. The van der Waals surface area contributed by atoms with Gasteiger partial charge in [-0.05, 0) is 12.5 Å². The number of thiophene rings is 1. The largest absolute Gasteiger partial charge is 0.301 e. The van der Waals surface area contributed by atoms with Crippen LogP contribution in [0.5, 0.6) is 0 Å². The van der Waals surface area contributed by atoms with Crippen LogP contribution in [0, 0.1) is 6.92 Å². The number of H-pyrrole nitrogens is 1. The van der Waals surface area contributed by atoms with Crippen molar-refractivity contribution in [3.8, 4) is 11.1 Å². The zero-order valence-electron chi connectivity index (χ0n) is 14.1. The molecule has 9 heteroatoms. The van der Waals surface area contributed by atoms with Gasteiger partial charge >= 0.3 is 0 Å². The summed E-state index contributed by atoms with van der Waals surface area (Å²) in [6, 6.07) is 9.71. The van der Waals surface area contributed by atoms with Gasteiger partial charge in [-0.1, -0.05) is 42.1 Å². The predicted octanol–water partition coefficient (Wildman–Crippen LogP) is 2.22. The maximum absolute atomic E-state index is 12.6. The molecule has 0 spiro atoms. The van der Waals surface area contributed by atoms with Crippen LogP contribution in [0.1, 0.15) is 11.8 Å². The predicted molar refractivity (Wildman–Crippen MR) is 103 cm³/mol. The highest BCUT2D eigenvalue weighted by Gasteiger charge is 2.17. The van der Waals surface area contributed by atoms with E-state index in [0.29, 0.717) is 15.4 Å². The van der Waals surface area contributed by atoms with E-state index in [2.05, 4.69) is 20.8 Å². The van der Waals surface area contributed by atoms with E-state index in [4.69, 9.17) is 0 Å². The number of carbonyl (C=O) groups is 2. The van der Waals surface area contributed by atoms with Crippen LogP contribution < -0.4 is 16.4 Å². The van der Waals surface area contributed by atoms with Gasteiger partial charge in [0.2, 0.25) is 11.8 Å². The molecule has 2 heterocycles. The van der Waals surface area contributed by atoms with Gasteiger partial charge in [-0.15, -0.1) is 11.3 Å². The summed E-state index contributed by atoms with van der Waals surface area (Å²) in [5.74, 6) is -0.732. The van der Waals surface area contributed by atoms with Crippen LogP contribution in [0.2, 0.25) is 0 Å². The van der Waals surface area contributed by atoms with Gasteiger partial charge in [0.15, 0.2) is 5.16 Å². The Balaban J connectivity index is 1.87. The summed E-state index contributed by atoms with van der Waals surface area (Å²) in [5.41, 5.74) is 6.10. The molecule has 2 aromatic heterocycles. The van der Waals surface area contributed by atoms with Crippen LogP contribution in [0.4, 0.5) is 0 Å². The Hall–Kier alpha value is -2.65. The number of hydrogen-bond acceptors (Lipinski definition) is 6. The molecule has 0 bridgehead atoms. The quantitative estimate of drug-likeness (QED) is 0.361. The van der Waals surface area contributed by atoms with E-state index in [0.717, 1.165) is 27.8 Å². The number of amides is 2. The lowest BCUT2D eigenvalue weighted by atomic mass is 10.0. The number of rotatable bonds is 4. The molecule has 0 unspecified atom stereocenters. The normalized spacial score (nSPS) is 10.7. The molecule has 7 nitrogen and oxygen atoms in total. The van der Waals surface area contributed by atoms with Gasteiger partial charge < -0.3 is 4.98 Å². The number of fused-ring (bicyclic) bond motifs is 1. The average Bonchev–Trinajstić information content (AvgIpc) is 2.95. The standard InChI is InChI=1S/C17H16N4O3S2/c1-9-13(11-6-4-3-5-7-11)14-15(24)18-17(19-16(14)26-9)25-8-12(23)21-20-10(2)22/h3-7H,8H2,1-2H3,(H,20,22)(H,21,23)(H,18,19,24). The third-order valence-electron chi connectivity index (χ3n) is 3.50. The minimum atomic E-state index is -0.389. The second-order valence-corrected chi connectivity index (χ2v) is 7.64. The van der Waals surface area contributed by atoms with Crippen molar-refractivity contribution in [2.75, 3.05) is 5.75 Å². The Kier molecular flexibility index (Phi) is 5.38. The molecule has 134 valence electrons. The summed E-state index contributed by atoms with van der Waals surface area (Å²) in [7, 11) is 0. The molecule has 2 amide bonds. The number of aromatic amines is 1. The first-order valence-electron chi connectivity index (χ1n) is 7.72. The monoisotopic (exact) mass is 388 g/mol. The number of nitrogens with one attached hydrogen (secondary N) is 3. The number of hydrazine groups is 1. The molecule has 0 aliphatic heterocycles. The summed E-state index contributed by atoms with van der Waals surface area (Å²) in [5, 5.41) is 0.923. The van der Waals surface area contributed by atoms with Crippen LogP contribution in [0.3, 0.4) is 0 Å². The molecule has 3 N–H and O–H groups in total. The van der Waals surface area contributed by atoms with Gasteiger partial charge in [0, 0.05) is 17.4 Å². The highest BCUT2D eigenvalue weighted by Crippen LogP contribution is 2.35. The lowest BCUT2D eigenvalue weighted by Gasteiger charge is -2.05. The van der Waals surface area contributed by atoms with E-state index in [9.17, 15) is 14.4 Å². The second kappa shape index (κ2) is 7.71. The van der Waals surface area contributed by atoms with Gasteiger partial charge in [0.1, 0.15) is 4.83 Å². The number of benzene rings is 1. The topological polar surface area (TPSA) is 104 Å². The molecule has 0 saturated heterocycles. The van der Waals surface area contributed by atoms with E-state index in [1.807, 2.05) is 37.3 Å². The molecule has 0 aliphatic rings. The SMILES string of the molecule is CC(=O)NNC(=O)CSc1nc2sc(C)c(-c3ccccc3)c2c(=O)[nH]1. The van der Waals surface area contributed by atoms with Crippen LogP contribution in [0.15, 0.2) is 40.3 Å². The highest BCUT2D eigenvalue weighted by molar-refractivity contribution is 7.99. The average molecular weight is 388 g/mol. The Morgan fingerprint density at radius 1 is 1.23 bits per heavy atom. The maximum atomic E-state index is 12.6. The van der Waals surface area contributed by atoms with Gasteiger partial charge in [-0.2, -0.15) is 0 Å². The molecule has 3 rings (SSSR count). The number of nitrogens with zero attached hydrogens (tertiary/aromatic N) is 1. The minimum Gasteiger partial charge on any atom is -0.301 e. The highest BCUT2D eigenvalue weighted by atomic mass is 32.2. The van der Waals surface area contributed by atoms with Crippen molar-refractivity contribution in [1.29, 1.82) is 0 Å². The third-order valence-corrected chi connectivity index (χ3v) is 5.37. The van der Waals surface area contributed by atoms with Crippen molar-refractivity contribution in [2.45, 2.75) is 19.0 Å². The Labute approximate surface area is 157 Å². The lowest BCUT2D eigenvalue weighted by molar-refractivity contribution is -0.126. The second-order valence-electron chi connectivity index (χ2n) is 5.47. The lowest BCUT2D eigenvalue weighted by Crippen LogP contribution is -2.41. The number of aryl methyl sites for hydroxylation is 1. The Bertz CT molecular complexity index is 1030. The zero-order valence-corrected chi connectivity index (χ0v) is 15.7. The minimum absolute atomic E-state index is 0.0185. The maximum Gasteiger partial charge on any atom is 0.260 e. The molecular formula is C17H16N4O3S2. The molecule has 0 saturated carbocycles. The molecule has 3 aromatic rings. The summed E-state index contributed by atoms with van der Waals surface area (Å²) in [6.45, 7) is 3.26. The van der Waals surface area contributed by atoms with Crippen molar-refractivity contribution >= 4 is 45.1 Å². The fourth-order valence-electron chi connectivity index (χ4n) is 2.45. The number of aromatic nitrogens is 2. The Morgan fingerprint density at radius 3 is 2.65 bits per heavy atom. The first-order valence-corrected chi connectivity index (χ1v) is 9.53. The molecule has 0 aliphatic carbocycles. The van der Waals surface area contributed by atoms with Gasteiger partial charge in [0.25, 0.3) is 5.56 Å². The van der Waals surface area contributed by atoms with E-state index < -0.39 is 0 Å². The van der Waals surface area contributed by atoms with Gasteiger partial charge in [-0.3, -0.25) is 25.2 Å². The Morgan fingerprint density at radius 2 is 1.96 bits per heavy atom. The first-order chi connectivity index (χ1) is 12.5. The molecule has 0 atom stereocenters. The summed E-state index contributed by atoms with van der Waals surface area (Å²) in [6.07, 6.45) is 0. The summed E-state index contributed by atoms with van der Waals surface area (Å²) >= 11 is 2.55. The van der Waals surface area contributed by atoms with E-state index in [1.54, 1.807) is 0 Å². The van der Waals surface area contributed by atoms with Crippen LogP contribution >= 0.6 is 23.1 Å². The van der Waals surface area contributed by atoms with Gasteiger partial charge in [0.05, 0.1) is 11.1 Å². The number of carbonyl (C=O) groups excluding carboxylic acids is 2. The van der Waals surface area contributed by atoms with Crippen molar-refractivity contribution in [3.63, 3.8) is 0 Å². The number of thioether (sulfide) groups is 1. The van der Waals surface area contributed by atoms with E-state index >= 15 is 0 Å². The van der Waals surface area contributed by atoms with E-state index in [-0.39, 0.29) is 23.1 Å². The number of hydrogen-bond donors (Lipinski definition) is 3. The van der Waals surface area contributed by atoms with Crippen molar-refractivity contribution in [1.82, 2.24) is 20.8 Å². The smallest absolute Gasteiger partial charge is 0.260 e. The van der Waals surface area contributed by atoms with E-state index in [1.165, 1.54) is 18.3 Å². The third kappa shape index (κ3) is 3.94. The summed E-state index contributed by atoms with van der Waals surface area (Å²) in [4.78, 5) is 43.9. The molecule has 26 heavy (non-hydrogen) atoms. The van der Waals surface area contributed by atoms with Crippen LogP contribution in [0.25, 0.3) is 21.3 Å². The van der Waals surface area contributed by atoms with Crippen LogP contribution in [-0.4, -0.2) is 27.5 Å². The zero-order chi connectivity index (χ0) is 18.7. The molecular weight excluding hydrogens is 372 g/mol. The fraction of sp³-hybridized carbons (Fsp3) is 0.176. The fourth-order valence-corrected chi connectivity index (χ4v) is 4.21.